The number of ether oxygens (including phenoxy) is 1. The molecule has 2 amide bonds. The van der Waals surface area contributed by atoms with E-state index in [1.165, 1.54) is 0 Å². The minimum Gasteiger partial charge on any atom is -0.497 e. The van der Waals surface area contributed by atoms with Crippen molar-refractivity contribution in [3.8, 4) is 5.75 Å². The minimum absolute atomic E-state index is 0.0178. The molecule has 1 unspecified atom stereocenters. The lowest BCUT2D eigenvalue weighted by molar-refractivity contribution is -0.131. The number of benzene rings is 1. The number of anilines is 1. The molecule has 0 spiro atoms. The lowest BCUT2D eigenvalue weighted by Gasteiger charge is -2.37. The van der Waals surface area contributed by atoms with Crippen molar-refractivity contribution in [2.75, 3.05) is 18.6 Å². The number of piperazine rings is 1. The van der Waals surface area contributed by atoms with Gasteiger partial charge < -0.3 is 10.1 Å². The molecule has 0 radical (unpaired) electrons. The number of hydrogen-bond acceptors (Lipinski definition) is 3. The Morgan fingerprint density at radius 2 is 2.05 bits per heavy atom. The van der Waals surface area contributed by atoms with Gasteiger partial charge in [-0.15, -0.1) is 0 Å². The smallest absolute Gasteiger partial charge is 0.247 e. The number of halogens is 1. The van der Waals surface area contributed by atoms with Crippen LogP contribution in [-0.4, -0.2) is 31.5 Å². The number of hydrogen-bond donors (Lipinski definition) is 1. The third-order valence-electron chi connectivity index (χ3n) is 3.23. The molecule has 5 nitrogen and oxygen atoms in total. The summed E-state index contributed by atoms with van der Waals surface area (Å²) in [6.07, 6.45) is 0. The fourth-order valence-electron chi connectivity index (χ4n) is 2.34. The molecule has 1 aliphatic heterocycles. The average molecular weight is 341 g/mol. The summed E-state index contributed by atoms with van der Waals surface area (Å²) in [7, 11) is 1.57. The van der Waals surface area contributed by atoms with Gasteiger partial charge in [0.2, 0.25) is 11.8 Å². The molecular weight excluding hydrogens is 324 g/mol. The summed E-state index contributed by atoms with van der Waals surface area (Å²) in [5.41, 5.74) is 0.662. The van der Waals surface area contributed by atoms with Gasteiger partial charge in [-0.2, -0.15) is 0 Å². The van der Waals surface area contributed by atoms with Gasteiger partial charge in [0.15, 0.2) is 0 Å². The van der Waals surface area contributed by atoms with Crippen LogP contribution in [0.15, 0.2) is 22.7 Å². The second kappa shape index (κ2) is 5.83. The largest absolute Gasteiger partial charge is 0.497 e. The standard InChI is InChI=1S/C14H17BrN2O3/c1-8(2)13-14(19)16-7-12(18)17(13)10-4-9(15)5-11(6-10)20-3/h4-6,8,13H,7H2,1-3H3,(H,16,19). The Bertz CT molecular complexity index is 545. The Morgan fingerprint density at radius 3 is 2.65 bits per heavy atom. The van der Waals surface area contributed by atoms with Crippen LogP contribution >= 0.6 is 15.9 Å². The molecule has 1 N–H and O–H groups in total. The Labute approximate surface area is 126 Å². The normalized spacial score (nSPS) is 19.2. The van der Waals surface area contributed by atoms with Crippen LogP contribution in [0.5, 0.6) is 5.75 Å². The zero-order chi connectivity index (χ0) is 14.9. The molecule has 1 saturated heterocycles. The number of methoxy groups -OCH3 is 1. The predicted molar refractivity (Wildman–Crippen MR) is 79.8 cm³/mol. The van der Waals surface area contributed by atoms with Gasteiger partial charge in [0.05, 0.1) is 13.7 Å². The first kappa shape index (κ1) is 14.8. The highest BCUT2D eigenvalue weighted by Gasteiger charge is 2.37. The quantitative estimate of drug-likeness (QED) is 0.914. The first-order chi connectivity index (χ1) is 9.43. The van der Waals surface area contributed by atoms with Crippen LogP contribution in [0.2, 0.25) is 0 Å². The molecule has 108 valence electrons. The van der Waals surface area contributed by atoms with Gasteiger partial charge in [-0.1, -0.05) is 29.8 Å². The predicted octanol–water partition coefficient (Wildman–Crippen LogP) is 1.95. The molecular formula is C14H17BrN2O3. The number of amides is 2. The molecule has 1 aliphatic rings. The van der Waals surface area contributed by atoms with Crippen molar-refractivity contribution in [1.29, 1.82) is 0 Å². The van der Waals surface area contributed by atoms with E-state index in [0.717, 1.165) is 4.47 Å². The van der Waals surface area contributed by atoms with Crippen LogP contribution in [0.3, 0.4) is 0 Å². The molecule has 1 aromatic carbocycles. The second-order valence-corrected chi connectivity index (χ2v) is 5.94. The van der Waals surface area contributed by atoms with Gasteiger partial charge in [-0.3, -0.25) is 14.5 Å². The van der Waals surface area contributed by atoms with Gasteiger partial charge in [-0.25, -0.2) is 0 Å². The van der Waals surface area contributed by atoms with E-state index in [2.05, 4.69) is 21.2 Å². The highest BCUT2D eigenvalue weighted by molar-refractivity contribution is 9.10. The Morgan fingerprint density at radius 1 is 1.35 bits per heavy atom. The molecule has 0 aliphatic carbocycles. The molecule has 0 aromatic heterocycles. The molecule has 1 heterocycles. The lowest BCUT2D eigenvalue weighted by Crippen LogP contribution is -2.60. The van der Waals surface area contributed by atoms with Gasteiger partial charge in [0, 0.05) is 16.2 Å². The Kier molecular flexibility index (Phi) is 4.32. The third kappa shape index (κ3) is 2.80. The second-order valence-electron chi connectivity index (χ2n) is 5.02. The average Bonchev–Trinajstić information content (AvgIpc) is 2.39. The van der Waals surface area contributed by atoms with Gasteiger partial charge in [0.1, 0.15) is 11.8 Å². The van der Waals surface area contributed by atoms with Crippen molar-refractivity contribution >= 4 is 33.4 Å². The molecule has 2 rings (SSSR count). The van der Waals surface area contributed by atoms with E-state index in [1.54, 1.807) is 18.1 Å². The van der Waals surface area contributed by atoms with Crippen molar-refractivity contribution < 1.29 is 14.3 Å². The number of nitrogens with one attached hydrogen (secondary N) is 1. The number of rotatable bonds is 3. The van der Waals surface area contributed by atoms with Crippen LogP contribution in [-0.2, 0) is 9.59 Å². The maximum Gasteiger partial charge on any atom is 0.247 e. The van der Waals surface area contributed by atoms with Crippen LogP contribution in [0.1, 0.15) is 13.8 Å². The molecule has 0 bridgehead atoms. The Balaban J connectivity index is 2.48. The zero-order valence-corrected chi connectivity index (χ0v) is 13.2. The van der Waals surface area contributed by atoms with E-state index in [9.17, 15) is 9.59 Å². The van der Waals surface area contributed by atoms with Crippen LogP contribution in [0.25, 0.3) is 0 Å². The summed E-state index contributed by atoms with van der Waals surface area (Å²) in [6, 6.07) is 4.88. The molecule has 6 heteroatoms. The monoisotopic (exact) mass is 340 g/mol. The zero-order valence-electron chi connectivity index (χ0n) is 11.6. The summed E-state index contributed by atoms with van der Waals surface area (Å²) < 4.78 is 6.01. The lowest BCUT2D eigenvalue weighted by atomic mass is 9.98. The molecule has 20 heavy (non-hydrogen) atoms. The van der Waals surface area contributed by atoms with Gasteiger partial charge in [-0.05, 0) is 18.1 Å². The third-order valence-corrected chi connectivity index (χ3v) is 3.69. The topological polar surface area (TPSA) is 58.6 Å². The van der Waals surface area contributed by atoms with Crippen LogP contribution in [0.4, 0.5) is 5.69 Å². The summed E-state index contributed by atoms with van der Waals surface area (Å²) in [4.78, 5) is 25.8. The molecule has 1 atom stereocenters. The summed E-state index contributed by atoms with van der Waals surface area (Å²) in [5.74, 6) is 0.405. The first-order valence-electron chi connectivity index (χ1n) is 6.38. The number of nitrogens with zero attached hydrogens (tertiary/aromatic N) is 1. The van der Waals surface area contributed by atoms with Crippen molar-refractivity contribution in [2.24, 2.45) is 5.92 Å². The maximum absolute atomic E-state index is 12.2. The van der Waals surface area contributed by atoms with Crippen molar-refractivity contribution in [1.82, 2.24) is 5.32 Å². The van der Waals surface area contributed by atoms with Gasteiger partial charge in [0.25, 0.3) is 0 Å². The van der Waals surface area contributed by atoms with Crippen molar-refractivity contribution in [3.63, 3.8) is 0 Å². The summed E-state index contributed by atoms with van der Waals surface area (Å²) >= 11 is 3.39. The fourth-order valence-corrected chi connectivity index (χ4v) is 2.80. The maximum atomic E-state index is 12.2. The van der Waals surface area contributed by atoms with E-state index in [0.29, 0.717) is 11.4 Å². The van der Waals surface area contributed by atoms with E-state index in [4.69, 9.17) is 4.74 Å². The summed E-state index contributed by atoms with van der Waals surface area (Å²) in [5, 5.41) is 2.63. The number of carbonyl (C=O) groups excluding carboxylic acids is 2. The van der Waals surface area contributed by atoms with E-state index in [1.807, 2.05) is 26.0 Å². The SMILES string of the molecule is COc1cc(Br)cc(N2C(=O)CNC(=O)C2C(C)C)c1. The molecule has 1 aromatic rings. The van der Waals surface area contributed by atoms with Crippen LogP contribution < -0.4 is 15.0 Å². The van der Waals surface area contributed by atoms with E-state index >= 15 is 0 Å². The van der Waals surface area contributed by atoms with Crippen molar-refractivity contribution in [2.45, 2.75) is 19.9 Å². The number of carbonyl (C=O) groups is 2. The highest BCUT2D eigenvalue weighted by atomic mass is 79.9. The first-order valence-corrected chi connectivity index (χ1v) is 7.17. The highest BCUT2D eigenvalue weighted by Crippen LogP contribution is 2.30. The molecule has 1 fully saturated rings. The van der Waals surface area contributed by atoms with E-state index < -0.39 is 6.04 Å². The summed E-state index contributed by atoms with van der Waals surface area (Å²) in [6.45, 7) is 3.87. The van der Waals surface area contributed by atoms with E-state index in [-0.39, 0.29) is 24.3 Å². The van der Waals surface area contributed by atoms with Gasteiger partial charge >= 0.3 is 0 Å². The Hall–Kier alpha value is -1.56. The van der Waals surface area contributed by atoms with Crippen molar-refractivity contribution in [3.05, 3.63) is 22.7 Å². The fraction of sp³-hybridized carbons (Fsp3) is 0.429. The van der Waals surface area contributed by atoms with Crippen LogP contribution in [0, 0.1) is 5.92 Å². The minimum atomic E-state index is -0.504. The molecule has 0 saturated carbocycles.